The van der Waals surface area contributed by atoms with Crippen LogP contribution in [0.15, 0.2) is 29.2 Å². The molecule has 4 aromatic rings. The Morgan fingerprint density at radius 1 is 1.37 bits per heavy atom. The summed E-state index contributed by atoms with van der Waals surface area (Å²) in [5.41, 5.74) is 9.67. The molecule has 3 aromatic heterocycles. The van der Waals surface area contributed by atoms with Gasteiger partial charge in [-0.05, 0) is 17.7 Å². The van der Waals surface area contributed by atoms with Crippen molar-refractivity contribution in [1.82, 2.24) is 24.6 Å². The second-order valence-electron chi connectivity index (χ2n) is 4.38. The zero-order valence-electron chi connectivity index (χ0n) is 9.84. The lowest BCUT2D eigenvalue weighted by Gasteiger charge is -1.97. The van der Waals surface area contributed by atoms with E-state index in [0.29, 0.717) is 23.2 Å². The first kappa shape index (κ1) is 10.3. The minimum Gasteiger partial charge on any atom is -0.326 e. The molecular formula is C12H10N6O. The Hall–Kier alpha value is -2.67. The van der Waals surface area contributed by atoms with Crippen molar-refractivity contribution in [3.63, 3.8) is 0 Å². The van der Waals surface area contributed by atoms with Crippen LogP contribution in [0.1, 0.15) is 5.56 Å². The van der Waals surface area contributed by atoms with Gasteiger partial charge in [0.05, 0.1) is 16.6 Å². The van der Waals surface area contributed by atoms with Gasteiger partial charge in [0, 0.05) is 12.7 Å². The predicted molar refractivity (Wildman–Crippen MR) is 70.9 cm³/mol. The van der Waals surface area contributed by atoms with Gasteiger partial charge in [0.1, 0.15) is 0 Å². The minimum absolute atomic E-state index is 0.236. The van der Waals surface area contributed by atoms with Crippen LogP contribution < -0.4 is 11.4 Å². The quantitative estimate of drug-likeness (QED) is 0.460. The highest BCUT2D eigenvalue weighted by Crippen LogP contribution is 2.20. The van der Waals surface area contributed by atoms with Crippen LogP contribution in [0.4, 0.5) is 0 Å². The van der Waals surface area contributed by atoms with Crippen molar-refractivity contribution in [2.24, 2.45) is 5.73 Å². The fourth-order valence-corrected chi connectivity index (χ4v) is 2.34. The molecule has 4 rings (SSSR count). The maximum atomic E-state index is 12.2. The fourth-order valence-electron chi connectivity index (χ4n) is 2.34. The summed E-state index contributed by atoms with van der Waals surface area (Å²) in [6.07, 6.45) is 1.64. The van der Waals surface area contributed by atoms with Gasteiger partial charge in [-0.15, -0.1) is 0 Å². The number of hydrogen-bond acceptors (Lipinski definition) is 4. The van der Waals surface area contributed by atoms with E-state index in [1.807, 2.05) is 18.2 Å². The summed E-state index contributed by atoms with van der Waals surface area (Å²) in [6, 6.07) is 5.65. The third-order valence-corrected chi connectivity index (χ3v) is 3.25. The number of benzene rings is 1. The summed E-state index contributed by atoms with van der Waals surface area (Å²) in [6.45, 7) is 0.422. The number of nitrogens with one attached hydrogen (secondary N) is 2. The van der Waals surface area contributed by atoms with Crippen molar-refractivity contribution in [2.75, 3.05) is 0 Å². The van der Waals surface area contributed by atoms with Crippen LogP contribution in [0, 0.1) is 0 Å². The molecule has 0 aliphatic rings. The van der Waals surface area contributed by atoms with Crippen LogP contribution >= 0.6 is 0 Å². The van der Waals surface area contributed by atoms with Crippen molar-refractivity contribution in [2.45, 2.75) is 6.54 Å². The first-order chi connectivity index (χ1) is 9.28. The third-order valence-electron chi connectivity index (χ3n) is 3.25. The number of fused-ring (bicyclic) bond motifs is 5. The molecular weight excluding hydrogens is 244 g/mol. The topological polar surface area (TPSA) is 105 Å². The second kappa shape index (κ2) is 3.42. The lowest BCUT2D eigenvalue weighted by molar-refractivity contribution is 1.05. The molecule has 0 bridgehead atoms. The molecule has 0 saturated carbocycles. The molecule has 0 saturated heterocycles. The van der Waals surface area contributed by atoms with E-state index in [1.165, 1.54) is 4.40 Å². The van der Waals surface area contributed by atoms with Crippen molar-refractivity contribution in [1.29, 1.82) is 0 Å². The average molecular weight is 254 g/mol. The summed E-state index contributed by atoms with van der Waals surface area (Å²) in [5.74, 6) is 0. The Balaban J connectivity index is 2.31. The molecule has 0 spiro atoms. The zero-order valence-corrected chi connectivity index (χ0v) is 9.84. The van der Waals surface area contributed by atoms with Gasteiger partial charge in [-0.25, -0.2) is 14.2 Å². The SMILES string of the molecule is NCc1ccc2nc3c4n[nH]cc4[nH]c(=O)n3c2c1. The van der Waals surface area contributed by atoms with Crippen LogP contribution in [0.2, 0.25) is 0 Å². The van der Waals surface area contributed by atoms with Crippen LogP contribution in [0.25, 0.3) is 27.7 Å². The molecule has 0 atom stereocenters. The van der Waals surface area contributed by atoms with Gasteiger partial charge in [-0.1, -0.05) is 6.07 Å². The molecule has 7 heteroatoms. The molecule has 0 amide bonds. The van der Waals surface area contributed by atoms with E-state index in [1.54, 1.807) is 6.20 Å². The monoisotopic (exact) mass is 254 g/mol. The second-order valence-corrected chi connectivity index (χ2v) is 4.38. The maximum Gasteiger partial charge on any atom is 0.332 e. The predicted octanol–water partition coefficient (Wildman–Crippen LogP) is 0.511. The highest BCUT2D eigenvalue weighted by Gasteiger charge is 2.13. The number of nitrogens with two attached hydrogens (primary N) is 1. The summed E-state index contributed by atoms with van der Waals surface area (Å²) in [4.78, 5) is 19.4. The van der Waals surface area contributed by atoms with Crippen LogP contribution in [-0.4, -0.2) is 24.6 Å². The average Bonchev–Trinajstić information content (AvgIpc) is 3.01. The van der Waals surface area contributed by atoms with Crippen molar-refractivity contribution in [3.8, 4) is 0 Å². The van der Waals surface area contributed by atoms with Gasteiger partial charge in [-0.2, -0.15) is 5.10 Å². The smallest absolute Gasteiger partial charge is 0.326 e. The van der Waals surface area contributed by atoms with Crippen molar-refractivity contribution in [3.05, 3.63) is 40.4 Å². The molecule has 4 N–H and O–H groups in total. The first-order valence-corrected chi connectivity index (χ1v) is 5.85. The molecule has 0 radical (unpaired) electrons. The largest absolute Gasteiger partial charge is 0.332 e. The van der Waals surface area contributed by atoms with Crippen LogP contribution in [-0.2, 0) is 6.54 Å². The van der Waals surface area contributed by atoms with Gasteiger partial charge in [0.25, 0.3) is 0 Å². The van der Waals surface area contributed by atoms with E-state index in [0.717, 1.165) is 16.6 Å². The molecule has 7 nitrogen and oxygen atoms in total. The first-order valence-electron chi connectivity index (χ1n) is 5.85. The van der Waals surface area contributed by atoms with Gasteiger partial charge >= 0.3 is 5.69 Å². The number of aromatic amines is 2. The standard InChI is InChI=1S/C12H10N6O/c13-4-6-1-2-7-9(3-6)18-11(15-7)10-8(5-14-17-10)16-12(18)19/h1-3,5H,4,13H2,(H,14,17)(H,16,19). The fraction of sp³-hybridized carbons (Fsp3) is 0.0833. The summed E-state index contributed by atoms with van der Waals surface area (Å²) in [7, 11) is 0. The van der Waals surface area contributed by atoms with E-state index >= 15 is 0 Å². The normalized spacial score (nSPS) is 11.8. The molecule has 19 heavy (non-hydrogen) atoms. The zero-order chi connectivity index (χ0) is 13.0. The highest BCUT2D eigenvalue weighted by molar-refractivity contribution is 5.93. The van der Waals surface area contributed by atoms with Gasteiger partial charge in [0.15, 0.2) is 11.2 Å². The molecule has 0 unspecified atom stereocenters. The summed E-state index contributed by atoms with van der Waals surface area (Å²) in [5, 5.41) is 6.85. The lowest BCUT2D eigenvalue weighted by atomic mass is 10.2. The molecule has 94 valence electrons. The number of rotatable bonds is 1. The molecule has 3 heterocycles. The molecule has 0 fully saturated rings. The molecule has 0 aliphatic heterocycles. The summed E-state index contributed by atoms with van der Waals surface area (Å²) >= 11 is 0. The number of nitrogens with zero attached hydrogens (tertiary/aromatic N) is 3. The van der Waals surface area contributed by atoms with E-state index in [-0.39, 0.29) is 5.69 Å². The maximum absolute atomic E-state index is 12.2. The Kier molecular flexibility index (Phi) is 1.85. The number of hydrogen-bond donors (Lipinski definition) is 3. The van der Waals surface area contributed by atoms with Crippen molar-refractivity contribution >= 4 is 27.7 Å². The number of imidazole rings is 1. The number of aromatic nitrogens is 5. The Labute approximate surface area is 106 Å². The van der Waals surface area contributed by atoms with E-state index in [4.69, 9.17) is 5.73 Å². The number of H-pyrrole nitrogens is 2. The van der Waals surface area contributed by atoms with E-state index in [9.17, 15) is 4.79 Å². The van der Waals surface area contributed by atoms with Crippen molar-refractivity contribution < 1.29 is 0 Å². The lowest BCUT2D eigenvalue weighted by Crippen LogP contribution is -2.15. The Bertz CT molecular complexity index is 976. The van der Waals surface area contributed by atoms with E-state index in [2.05, 4.69) is 20.2 Å². The van der Waals surface area contributed by atoms with Crippen LogP contribution in [0.5, 0.6) is 0 Å². The minimum atomic E-state index is -0.236. The van der Waals surface area contributed by atoms with E-state index < -0.39 is 0 Å². The Morgan fingerprint density at radius 2 is 2.26 bits per heavy atom. The van der Waals surface area contributed by atoms with Gasteiger partial charge in [0.2, 0.25) is 0 Å². The Morgan fingerprint density at radius 3 is 3.11 bits per heavy atom. The van der Waals surface area contributed by atoms with Crippen LogP contribution in [0.3, 0.4) is 0 Å². The molecule has 0 aliphatic carbocycles. The summed E-state index contributed by atoms with van der Waals surface area (Å²) < 4.78 is 1.53. The molecule has 1 aromatic carbocycles. The van der Waals surface area contributed by atoms with Gasteiger partial charge in [-0.3, -0.25) is 5.10 Å². The third kappa shape index (κ3) is 1.27. The highest BCUT2D eigenvalue weighted by atomic mass is 16.1. The van der Waals surface area contributed by atoms with Gasteiger partial charge < -0.3 is 10.7 Å².